The van der Waals surface area contributed by atoms with Crippen molar-refractivity contribution in [1.82, 2.24) is 4.90 Å². The van der Waals surface area contributed by atoms with Gasteiger partial charge in [-0.3, -0.25) is 14.4 Å². The molecule has 0 unspecified atom stereocenters. The van der Waals surface area contributed by atoms with Gasteiger partial charge in [0.25, 0.3) is 5.91 Å². The van der Waals surface area contributed by atoms with Crippen LogP contribution in [0.2, 0.25) is 0 Å². The number of hydrogen-bond acceptors (Lipinski definition) is 5. The van der Waals surface area contributed by atoms with Crippen molar-refractivity contribution in [3.05, 3.63) is 135 Å². The second kappa shape index (κ2) is 12.3. The van der Waals surface area contributed by atoms with Crippen molar-refractivity contribution in [2.24, 2.45) is 0 Å². The molecule has 198 valence electrons. The number of nitrogens with zero attached hydrogens (tertiary/aromatic N) is 1. The maximum absolute atomic E-state index is 13.9. The van der Waals surface area contributed by atoms with E-state index in [0.29, 0.717) is 15.6 Å². The van der Waals surface area contributed by atoms with Gasteiger partial charge in [-0.05, 0) is 41.5 Å². The molecule has 0 atom stereocenters. The zero-order valence-electron chi connectivity index (χ0n) is 21.2. The SMILES string of the molecule is CS(=O)(=O)c1ccc(CN(CC(=O)Cc2ccccc2)C(=O)c2ccc(Br)cc2C(=O)c2ccccc2)cc1. The normalized spacial score (nSPS) is 11.1. The molecule has 0 heterocycles. The molecule has 0 spiro atoms. The number of rotatable bonds is 10. The van der Waals surface area contributed by atoms with E-state index in [0.717, 1.165) is 11.8 Å². The number of carbonyl (C=O) groups is 3. The molecule has 8 heteroatoms. The van der Waals surface area contributed by atoms with Gasteiger partial charge in [-0.15, -0.1) is 0 Å². The Morgan fingerprint density at radius 3 is 1.97 bits per heavy atom. The zero-order valence-corrected chi connectivity index (χ0v) is 23.6. The lowest BCUT2D eigenvalue weighted by Crippen LogP contribution is -2.36. The molecular formula is C31H26BrNO5S. The fourth-order valence-corrected chi connectivity index (χ4v) is 5.15. The van der Waals surface area contributed by atoms with E-state index >= 15 is 0 Å². The van der Waals surface area contributed by atoms with Crippen LogP contribution in [0.15, 0.2) is 112 Å². The quantitative estimate of drug-likeness (QED) is 0.222. The fourth-order valence-electron chi connectivity index (χ4n) is 4.16. The molecule has 0 bridgehead atoms. The first-order chi connectivity index (χ1) is 18.6. The van der Waals surface area contributed by atoms with E-state index in [1.807, 2.05) is 30.3 Å². The predicted octanol–water partition coefficient (Wildman–Crippen LogP) is 5.54. The summed E-state index contributed by atoms with van der Waals surface area (Å²) in [4.78, 5) is 42.0. The number of ketones is 2. The van der Waals surface area contributed by atoms with Crippen LogP contribution in [0.3, 0.4) is 0 Å². The molecule has 0 aliphatic heterocycles. The van der Waals surface area contributed by atoms with Gasteiger partial charge in [0.1, 0.15) is 0 Å². The van der Waals surface area contributed by atoms with Crippen molar-refractivity contribution >= 4 is 43.2 Å². The van der Waals surface area contributed by atoms with Crippen LogP contribution in [0, 0.1) is 0 Å². The van der Waals surface area contributed by atoms with Crippen LogP contribution in [0.1, 0.15) is 37.4 Å². The topological polar surface area (TPSA) is 88.6 Å². The van der Waals surface area contributed by atoms with Gasteiger partial charge >= 0.3 is 0 Å². The number of Topliss-reactive ketones (excluding diaryl/α,β-unsaturated/α-hetero) is 1. The van der Waals surface area contributed by atoms with Crippen molar-refractivity contribution in [1.29, 1.82) is 0 Å². The van der Waals surface area contributed by atoms with Gasteiger partial charge in [-0.25, -0.2) is 8.42 Å². The minimum absolute atomic E-state index is 0.0540. The maximum Gasteiger partial charge on any atom is 0.255 e. The van der Waals surface area contributed by atoms with Gasteiger partial charge in [0.2, 0.25) is 0 Å². The molecule has 4 aromatic carbocycles. The second-order valence-electron chi connectivity index (χ2n) is 9.16. The first-order valence-corrected chi connectivity index (χ1v) is 14.8. The van der Waals surface area contributed by atoms with Crippen LogP contribution in [0.5, 0.6) is 0 Å². The Hall–Kier alpha value is -3.88. The van der Waals surface area contributed by atoms with Crippen LogP contribution in [0.4, 0.5) is 0 Å². The predicted molar refractivity (Wildman–Crippen MR) is 153 cm³/mol. The van der Waals surface area contributed by atoms with E-state index in [1.54, 1.807) is 60.7 Å². The van der Waals surface area contributed by atoms with Gasteiger partial charge in [0.15, 0.2) is 21.4 Å². The van der Waals surface area contributed by atoms with E-state index in [1.165, 1.54) is 17.0 Å². The first kappa shape index (κ1) is 28.1. The average Bonchev–Trinajstić information content (AvgIpc) is 2.92. The Kier molecular flexibility index (Phi) is 8.89. The van der Waals surface area contributed by atoms with Crippen LogP contribution in [-0.2, 0) is 27.6 Å². The monoisotopic (exact) mass is 603 g/mol. The molecule has 4 rings (SSSR count). The first-order valence-electron chi connectivity index (χ1n) is 12.1. The summed E-state index contributed by atoms with van der Waals surface area (Å²) in [5.41, 5.74) is 2.31. The molecule has 0 radical (unpaired) electrons. The van der Waals surface area contributed by atoms with E-state index in [2.05, 4.69) is 15.9 Å². The molecule has 0 aliphatic carbocycles. The lowest BCUT2D eigenvalue weighted by Gasteiger charge is -2.24. The summed E-state index contributed by atoms with van der Waals surface area (Å²) in [7, 11) is -3.38. The third kappa shape index (κ3) is 7.37. The van der Waals surface area contributed by atoms with Crippen molar-refractivity contribution in [2.75, 3.05) is 12.8 Å². The standard InChI is InChI=1S/C31H26BrNO5S/c1-39(37,38)27-15-12-23(13-16-27)20-33(21-26(34)18-22-8-4-2-5-9-22)31(36)28-17-14-25(32)19-29(28)30(35)24-10-6-3-7-11-24/h2-17,19H,18,20-21H2,1H3. The molecule has 39 heavy (non-hydrogen) atoms. The van der Waals surface area contributed by atoms with Crippen LogP contribution in [-0.4, -0.2) is 43.6 Å². The Bertz CT molecular complexity index is 1600. The van der Waals surface area contributed by atoms with Crippen molar-refractivity contribution in [3.8, 4) is 0 Å². The minimum Gasteiger partial charge on any atom is -0.327 e. The molecule has 0 N–H and O–H groups in total. The number of hydrogen-bond donors (Lipinski definition) is 0. The maximum atomic E-state index is 13.9. The fraction of sp³-hybridized carbons (Fsp3) is 0.129. The Balaban J connectivity index is 1.68. The summed E-state index contributed by atoms with van der Waals surface area (Å²) < 4.78 is 24.4. The highest BCUT2D eigenvalue weighted by molar-refractivity contribution is 9.10. The number of carbonyl (C=O) groups excluding carboxylic acids is 3. The van der Waals surface area contributed by atoms with Gasteiger partial charge in [-0.1, -0.05) is 88.7 Å². The highest BCUT2D eigenvalue weighted by atomic mass is 79.9. The minimum atomic E-state index is -3.38. The molecule has 0 saturated heterocycles. The number of sulfone groups is 1. The summed E-state index contributed by atoms with van der Waals surface area (Å²) in [6, 6.07) is 29.0. The van der Waals surface area contributed by atoms with E-state index in [9.17, 15) is 22.8 Å². The molecule has 0 fully saturated rings. The number of benzene rings is 4. The highest BCUT2D eigenvalue weighted by Crippen LogP contribution is 2.23. The van der Waals surface area contributed by atoms with E-state index < -0.39 is 15.7 Å². The van der Waals surface area contributed by atoms with E-state index in [4.69, 9.17) is 0 Å². The van der Waals surface area contributed by atoms with Gasteiger partial charge in [0.05, 0.1) is 17.0 Å². The lowest BCUT2D eigenvalue weighted by atomic mass is 9.97. The number of amides is 1. The lowest BCUT2D eigenvalue weighted by molar-refractivity contribution is -0.119. The van der Waals surface area contributed by atoms with Crippen molar-refractivity contribution in [2.45, 2.75) is 17.9 Å². The molecule has 0 saturated carbocycles. The van der Waals surface area contributed by atoms with Gasteiger partial charge < -0.3 is 4.90 Å². The highest BCUT2D eigenvalue weighted by Gasteiger charge is 2.25. The summed E-state index contributed by atoms with van der Waals surface area (Å²) >= 11 is 3.40. The van der Waals surface area contributed by atoms with Crippen LogP contribution in [0.25, 0.3) is 0 Å². The summed E-state index contributed by atoms with van der Waals surface area (Å²) in [5, 5.41) is 0. The Labute approximate surface area is 236 Å². The Morgan fingerprint density at radius 1 is 0.744 bits per heavy atom. The third-order valence-electron chi connectivity index (χ3n) is 6.12. The Morgan fingerprint density at radius 2 is 1.36 bits per heavy atom. The number of halogens is 1. The zero-order chi connectivity index (χ0) is 28.0. The largest absolute Gasteiger partial charge is 0.327 e. The van der Waals surface area contributed by atoms with Crippen molar-refractivity contribution < 1.29 is 22.8 Å². The molecule has 4 aromatic rings. The van der Waals surface area contributed by atoms with Gasteiger partial charge in [0, 0.05) is 34.8 Å². The summed E-state index contributed by atoms with van der Waals surface area (Å²) in [6.07, 6.45) is 1.27. The average molecular weight is 605 g/mol. The van der Waals surface area contributed by atoms with Crippen molar-refractivity contribution in [3.63, 3.8) is 0 Å². The molecule has 1 amide bonds. The molecule has 6 nitrogen and oxygen atoms in total. The summed E-state index contributed by atoms with van der Waals surface area (Å²) in [6.45, 7) is -0.130. The van der Waals surface area contributed by atoms with E-state index in [-0.39, 0.29) is 47.1 Å². The smallest absolute Gasteiger partial charge is 0.255 e. The second-order valence-corrected chi connectivity index (χ2v) is 12.1. The van der Waals surface area contributed by atoms with Crippen LogP contribution < -0.4 is 0 Å². The van der Waals surface area contributed by atoms with Crippen LogP contribution >= 0.6 is 15.9 Å². The molecular weight excluding hydrogens is 578 g/mol. The molecule has 0 aliphatic rings. The summed E-state index contributed by atoms with van der Waals surface area (Å²) in [5.74, 6) is -0.959. The third-order valence-corrected chi connectivity index (χ3v) is 7.74. The van der Waals surface area contributed by atoms with Gasteiger partial charge in [-0.2, -0.15) is 0 Å². The molecule has 0 aromatic heterocycles.